The van der Waals surface area contributed by atoms with Gasteiger partial charge in [-0.15, -0.1) is 0 Å². The van der Waals surface area contributed by atoms with Gasteiger partial charge in [0.2, 0.25) is 5.91 Å². The van der Waals surface area contributed by atoms with Crippen LogP contribution in [0.15, 0.2) is 53.0 Å². The van der Waals surface area contributed by atoms with Crippen molar-refractivity contribution in [2.45, 2.75) is 6.61 Å². The molecule has 0 aliphatic carbocycles. The number of hydrogen-bond donors (Lipinski definition) is 0. The third-order valence-corrected chi connectivity index (χ3v) is 4.45. The van der Waals surface area contributed by atoms with E-state index in [4.69, 9.17) is 4.74 Å². The number of benzene rings is 2. The van der Waals surface area contributed by atoms with Gasteiger partial charge in [0, 0.05) is 31.2 Å². The highest BCUT2D eigenvalue weighted by atomic mass is 79.9. The summed E-state index contributed by atoms with van der Waals surface area (Å²) < 4.78 is 6.81. The van der Waals surface area contributed by atoms with Crippen LogP contribution in [0.25, 0.3) is 0 Å². The van der Waals surface area contributed by atoms with Crippen LogP contribution in [0.5, 0.6) is 5.75 Å². The van der Waals surface area contributed by atoms with Gasteiger partial charge >= 0.3 is 0 Å². The Balaban J connectivity index is 2.13. The van der Waals surface area contributed by atoms with Crippen LogP contribution in [-0.2, 0) is 11.4 Å². The largest absolute Gasteiger partial charge is 0.488 e. The molecule has 2 amide bonds. The first-order valence-electron chi connectivity index (χ1n) is 7.81. The van der Waals surface area contributed by atoms with Crippen molar-refractivity contribution in [1.82, 2.24) is 9.80 Å². The van der Waals surface area contributed by atoms with Gasteiger partial charge in [0.15, 0.2) is 0 Å². The Kier molecular flexibility index (Phi) is 6.58. The fraction of sp³-hybridized carbons (Fsp3) is 0.263. The molecule has 2 aromatic carbocycles. The van der Waals surface area contributed by atoms with Gasteiger partial charge in [0.05, 0.1) is 12.1 Å². The van der Waals surface area contributed by atoms with Crippen molar-refractivity contribution < 1.29 is 14.3 Å². The van der Waals surface area contributed by atoms with Gasteiger partial charge in [-0.1, -0.05) is 46.3 Å². The number of ether oxygens (including phenoxy) is 1. The molecule has 2 aromatic rings. The lowest BCUT2D eigenvalue weighted by atomic mass is 10.1. The lowest BCUT2D eigenvalue weighted by molar-refractivity contribution is -0.129. The van der Waals surface area contributed by atoms with Gasteiger partial charge in [0.25, 0.3) is 5.91 Å². The van der Waals surface area contributed by atoms with Crippen molar-refractivity contribution in [2.75, 3.05) is 27.7 Å². The summed E-state index contributed by atoms with van der Waals surface area (Å²) in [6, 6.07) is 14.8. The third kappa shape index (κ3) is 5.06. The number of rotatable bonds is 6. The van der Waals surface area contributed by atoms with Gasteiger partial charge in [-0.3, -0.25) is 9.59 Å². The molecular weight excluding hydrogens is 384 g/mol. The first kappa shape index (κ1) is 19.0. The molecule has 0 radical (unpaired) electrons. The van der Waals surface area contributed by atoms with Crippen molar-refractivity contribution in [3.63, 3.8) is 0 Å². The number of nitrogens with zero attached hydrogens (tertiary/aromatic N) is 2. The minimum atomic E-state index is -0.252. The van der Waals surface area contributed by atoms with Crippen LogP contribution in [0.1, 0.15) is 15.9 Å². The highest BCUT2D eigenvalue weighted by molar-refractivity contribution is 9.10. The van der Waals surface area contributed by atoms with Crippen LogP contribution in [0.4, 0.5) is 0 Å². The van der Waals surface area contributed by atoms with Crippen LogP contribution in [0.3, 0.4) is 0 Å². The first-order valence-corrected chi connectivity index (χ1v) is 8.60. The van der Waals surface area contributed by atoms with E-state index in [1.165, 1.54) is 9.80 Å². The van der Waals surface area contributed by atoms with Gasteiger partial charge in [-0.2, -0.15) is 0 Å². The van der Waals surface area contributed by atoms with Crippen molar-refractivity contribution >= 4 is 27.7 Å². The smallest absolute Gasteiger partial charge is 0.257 e. The fourth-order valence-electron chi connectivity index (χ4n) is 2.16. The number of amides is 2. The van der Waals surface area contributed by atoms with Crippen LogP contribution >= 0.6 is 15.9 Å². The molecule has 132 valence electrons. The summed E-state index contributed by atoms with van der Waals surface area (Å²) in [6.07, 6.45) is 0. The zero-order valence-corrected chi connectivity index (χ0v) is 16.1. The molecule has 0 saturated carbocycles. The van der Waals surface area contributed by atoms with E-state index in [0.717, 1.165) is 10.0 Å². The van der Waals surface area contributed by atoms with Crippen molar-refractivity contribution in [2.24, 2.45) is 0 Å². The van der Waals surface area contributed by atoms with E-state index >= 15 is 0 Å². The second kappa shape index (κ2) is 8.67. The molecular formula is C19H21BrN2O3. The fourth-order valence-corrected chi connectivity index (χ4v) is 2.56. The molecule has 2 rings (SSSR count). The average Bonchev–Trinajstić information content (AvgIpc) is 2.60. The van der Waals surface area contributed by atoms with E-state index in [1.807, 2.05) is 30.3 Å². The van der Waals surface area contributed by atoms with Crippen molar-refractivity contribution in [3.05, 3.63) is 64.1 Å². The predicted molar refractivity (Wildman–Crippen MR) is 101 cm³/mol. The first-order chi connectivity index (χ1) is 11.9. The Labute approximate surface area is 156 Å². The summed E-state index contributed by atoms with van der Waals surface area (Å²) in [5.41, 5.74) is 1.42. The summed E-state index contributed by atoms with van der Waals surface area (Å²) in [4.78, 5) is 27.3. The highest BCUT2D eigenvalue weighted by Crippen LogP contribution is 2.23. The van der Waals surface area contributed by atoms with Crippen molar-refractivity contribution in [1.29, 1.82) is 0 Å². The Bertz CT molecular complexity index is 762. The Hall–Kier alpha value is -2.34. The second-order valence-corrected chi connectivity index (χ2v) is 6.68. The number of carbonyl (C=O) groups is 2. The molecule has 0 aromatic heterocycles. The molecule has 0 unspecified atom stereocenters. The maximum Gasteiger partial charge on any atom is 0.257 e. The van der Waals surface area contributed by atoms with Crippen molar-refractivity contribution in [3.8, 4) is 5.75 Å². The Morgan fingerprint density at radius 3 is 2.32 bits per heavy atom. The molecule has 0 atom stereocenters. The molecule has 0 bridgehead atoms. The van der Waals surface area contributed by atoms with E-state index in [-0.39, 0.29) is 18.4 Å². The number of carbonyl (C=O) groups excluding carboxylic acids is 2. The maximum atomic E-state index is 12.7. The van der Waals surface area contributed by atoms with Gasteiger partial charge in [0.1, 0.15) is 12.4 Å². The van der Waals surface area contributed by atoms with Crippen LogP contribution in [-0.4, -0.2) is 49.3 Å². The maximum absolute atomic E-state index is 12.7. The number of halogens is 1. The topological polar surface area (TPSA) is 49.9 Å². The van der Waals surface area contributed by atoms with Crippen LogP contribution < -0.4 is 4.74 Å². The lowest BCUT2D eigenvalue weighted by Gasteiger charge is -2.20. The standard InChI is InChI=1S/C19H21BrN2O3/c1-21(2)18(23)12-22(3)19(24)15-9-5-7-11-17(15)25-13-14-8-4-6-10-16(14)20/h4-11H,12-13H2,1-3H3. The zero-order chi connectivity index (χ0) is 18.4. The van der Waals surface area contributed by atoms with Crippen LogP contribution in [0, 0.1) is 0 Å². The molecule has 0 aliphatic rings. The molecule has 25 heavy (non-hydrogen) atoms. The molecule has 0 N–H and O–H groups in total. The SMILES string of the molecule is CN(C)C(=O)CN(C)C(=O)c1ccccc1OCc1ccccc1Br. The normalized spacial score (nSPS) is 10.2. The molecule has 0 aliphatic heterocycles. The third-order valence-electron chi connectivity index (χ3n) is 3.68. The molecule has 0 saturated heterocycles. The number of likely N-dealkylation sites (N-methyl/N-ethyl adjacent to an activating group) is 2. The molecule has 5 nitrogen and oxygen atoms in total. The summed E-state index contributed by atoms with van der Waals surface area (Å²) in [5, 5.41) is 0. The van der Waals surface area contributed by atoms with Crippen LogP contribution in [0.2, 0.25) is 0 Å². The van der Waals surface area contributed by atoms with E-state index < -0.39 is 0 Å². The zero-order valence-electron chi connectivity index (χ0n) is 14.5. The summed E-state index contributed by atoms with van der Waals surface area (Å²) in [5.74, 6) is 0.104. The summed E-state index contributed by atoms with van der Waals surface area (Å²) in [6.45, 7) is 0.358. The van der Waals surface area contributed by atoms with E-state index in [9.17, 15) is 9.59 Å². The minimum absolute atomic E-state index is 0.0183. The molecule has 0 spiro atoms. The Morgan fingerprint density at radius 1 is 1.00 bits per heavy atom. The number of para-hydroxylation sites is 1. The van der Waals surface area contributed by atoms with Gasteiger partial charge in [-0.05, 0) is 18.2 Å². The molecule has 6 heteroatoms. The average molecular weight is 405 g/mol. The minimum Gasteiger partial charge on any atom is -0.488 e. The van der Waals surface area contributed by atoms with E-state index in [0.29, 0.717) is 17.9 Å². The van der Waals surface area contributed by atoms with Gasteiger partial charge in [-0.25, -0.2) is 0 Å². The monoisotopic (exact) mass is 404 g/mol. The highest BCUT2D eigenvalue weighted by Gasteiger charge is 2.19. The van der Waals surface area contributed by atoms with E-state index in [2.05, 4.69) is 15.9 Å². The van der Waals surface area contributed by atoms with E-state index in [1.54, 1.807) is 39.3 Å². The van der Waals surface area contributed by atoms with Gasteiger partial charge < -0.3 is 14.5 Å². The lowest BCUT2D eigenvalue weighted by Crippen LogP contribution is -2.37. The Morgan fingerprint density at radius 2 is 1.64 bits per heavy atom. The predicted octanol–water partition coefficient (Wildman–Crippen LogP) is 3.19. The molecule has 0 fully saturated rings. The molecule has 0 heterocycles. The second-order valence-electron chi connectivity index (χ2n) is 5.83. The summed E-state index contributed by atoms with van der Waals surface area (Å²) in [7, 11) is 4.93. The summed E-state index contributed by atoms with van der Waals surface area (Å²) >= 11 is 3.48. The number of hydrogen-bond acceptors (Lipinski definition) is 3. The quantitative estimate of drug-likeness (QED) is 0.742.